The number of hydrogen-bond acceptors (Lipinski definition) is 3. The Morgan fingerprint density at radius 1 is 1.22 bits per heavy atom. The normalized spacial score (nSPS) is 13.1. The number of alkyl halides is 3. The molecule has 0 radical (unpaired) electrons. The van der Waals surface area contributed by atoms with Gasteiger partial charge in [0.25, 0.3) is 0 Å². The molecule has 0 saturated carbocycles. The Bertz CT molecular complexity index is 609. The second-order valence-electron chi connectivity index (χ2n) is 3.39. The molecule has 0 amide bonds. The predicted molar refractivity (Wildman–Crippen MR) is 77.0 cm³/mol. The van der Waals surface area contributed by atoms with Gasteiger partial charge in [0, 0.05) is 12.1 Å². The average molecular weight is 343 g/mol. The van der Waals surface area contributed by atoms with Gasteiger partial charge in [0.05, 0.1) is 5.69 Å². The smallest absolute Gasteiger partial charge is 0.249 e. The van der Waals surface area contributed by atoms with Crippen molar-refractivity contribution in [1.29, 1.82) is 0 Å². The van der Waals surface area contributed by atoms with Crippen molar-refractivity contribution in [3.63, 3.8) is 0 Å². The molecule has 0 aliphatic heterocycles. The van der Waals surface area contributed by atoms with Crippen molar-refractivity contribution in [2.24, 2.45) is 12.0 Å². The molecule has 96 valence electrons. The minimum absolute atomic E-state index is 0.338. The monoisotopic (exact) mass is 341 g/mol. The summed E-state index contributed by atoms with van der Waals surface area (Å²) < 4.78 is 0.112. The SMILES string of the molecule is Cn1sc(=Nc2ccc(Cl)cc2)nc1C(Cl)(Cl)Cl. The van der Waals surface area contributed by atoms with Gasteiger partial charge in [-0.3, -0.25) is 3.96 Å². The molecule has 2 rings (SSSR count). The predicted octanol–water partition coefficient (Wildman–Crippen LogP) is 4.19. The Labute approximate surface area is 128 Å². The molecule has 0 unspecified atom stereocenters. The molecule has 0 saturated heterocycles. The summed E-state index contributed by atoms with van der Waals surface area (Å²) in [6.45, 7) is 0. The van der Waals surface area contributed by atoms with Crippen molar-refractivity contribution in [3.8, 4) is 0 Å². The first-order valence-electron chi connectivity index (χ1n) is 4.78. The third-order valence-electron chi connectivity index (χ3n) is 2.02. The van der Waals surface area contributed by atoms with Gasteiger partial charge in [0.15, 0.2) is 5.82 Å². The number of aromatic nitrogens is 2. The van der Waals surface area contributed by atoms with Crippen LogP contribution >= 0.6 is 57.9 Å². The van der Waals surface area contributed by atoms with Gasteiger partial charge >= 0.3 is 0 Å². The Morgan fingerprint density at radius 2 is 1.83 bits per heavy atom. The lowest BCUT2D eigenvalue weighted by Gasteiger charge is -2.07. The third-order valence-corrected chi connectivity index (χ3v) is 3.58. The summed E-state index contributed by atoms with van der Waals surface area (Å²) in [5.74, 6) is 0.338. The maximum absolute atomic E-state index is 5.80. The van der Waals surface area contributed by atoms with Crippen molar-refractivity contribution >= 4 is 63.6 Å². The highest BCUT2D eigenvalue weighted by molar-refractivity contribution is 7.03. The van der Waals surface area contributed by atoms with E-state index in [1.807, 2.05) is 0 Å². The van der Waals surface area contributed by atoms with E-state index in [1.54, 1.807) is 35.3 Å². The van der Waals surface area contributed by atoms with Gasteiger partial charge in [0.2, 0.25) is 8.59 Å². The molecule has 0 aliphatic rings. The second-order valence-corrected chi connectivity index (χ2v) is 7.21. The second kappa shape index (κ2) is 5.39. The minimum atomic E-state index is -1.56. The minimum Gasteiger partial charge on any atom is -0.282 e. The summed E-state index contributed by atoms with van der Waals surface area (Å²) >= 11 is 24.5. The maximum Gasteiger partial charge on any atom is 0.249 e. The van der Waals surface area contributed by atoms with Gasteiger partial charge in [0.1, 0.15) is 0 Å². The molecular weight excluding hydrogens is 336 g/mol. The zero-order valence-corrected chi connectivity index (χ0v) is 12.9. The van der Waals surface area contributed by atoms with E-state index in [4.69, 9.17) is 46.4 Å². The molecular formula is C10H7Cl4N3S. The highest BCUT2D eigenvalue weighted by Crippen LogP contribution is 2.36. The molecule has 18 heavy (non-hydrogen) atoms. The lowest BCUT2D eigenvalue weighted by Crippen LogP contribution is -2.09. The first-order valence-corrected chi connectivity index (χ1v) is 7.06. The van der Waals surface area contributed by atoms with Crippen LogP contribution in [0.25, 0.3) is 0 Å². The number of hydrogen-bond donors (Lipinski definition) is 0. The first kappa shape index (κ1) is 14.2. The van der Waals surface area contributed by atoms with Gasteiger partial charge in [-0.1, -0.05) is 46.4 Å². The number of nitrogens with zero attached hydrogens (tertiary/aromatic N) is 3. The van der Waals surface area contributed by atoms with Gasteiger partial charge < -0.3 is 0 Å². The van der Waals surface area contributed by atoms with E-state index >= 15 is 0 Å². The van der Waals surface area contributed by atoms with Crippen molar-refractivity contribution < 1.29 is 0 Å². The number of halogens is 4. The summed E-state index contributed by atoms with van der Waals surface area (Å²) in [4.78, 5) is 9.03. The topological polar surface area (TPSA) is 30.2 Å². The van der Waals surface area contributed by atoms with Crippen LogP contribution in [0.2, 0.25) is 5.02 Å². The Hall–Kier alpha value is -0.260. The number of aryl methyl sites for hydroxylation is 1. The zero-order chi connectivity index (χ0) is 13.3. The quantitative estimate of drug-likeness (QED) is 0.714. The molecule has 2 aromatic rings. The third kappa shape index (κ3) is 3.39. The number of benzene rings is 1. The molecule has 1 aromatic heterocycles. The van der Waals surface area contributed by atoms with E-state index in [2.05, 4.69) is 9.98 Å². The van der Waals surface area contributed by atoms with E-state index in [0.29, 0.717) is 15.6 Å². The molecule has 8 heteroatoms. The molecule has 0 spiro atoms. The van der Waals surface area contributed by atoms with Crippen molar-refractivity contribution in [1.82, 2.24) is 8.94 Å². The van der Waals surface area contributed by atoms with Crippen LogP contribution in [-0.2, 0) is 10.8 Å². The first-order chi connectivity index (χ1) is 8.36. The highest BCUT2D eigenvalue weighted by atomic mass is 35.6. The van der Waals surface area contributed by atoms with Crippen LogP contribution in [0.4, 0.5) is 5.69 Å². The summed E-state index contributed by atoms with van der Waals surface area (Å²) in [7, 11) is 1.76. The summed E-state index contributed by atoms with van der Waals surface area (Å²) in [6.07, 6.45) is 0. The van der Waals surface area contributed by atoms with Gasteiger partial charge in [-0.2, -0.15) is 4.98 Å². The van der Waals surface area contributed by atoms with Crippen molar-refractivity contribution in [3.05, 3.63) is 39.9 Å². The lowest BCUT2D eigenvalue weighted by atomic mass is 10.3. The highest BCUT2D eigenvalue weighted by Gasteiger charge is 2.28. The summed E-state index contributed by atoms with van der Waals surface area (Å²) in [5, 5.41) is 0.653. The summed E-state index contributed by atoms with van der Waals surface area (Å²) in [5.41, 5.74) is 0.740. The van der Waals surface area contributed by atoms with E-state index in [-0.39, 0.29) is 0 Å². The lowest BCUT2D eigenvalue weighted by molar-refractivity contribution is 0.865. The van der Waals surface area contributed by atoms with Crippen LogP contribution in [-0.4, -0.2) is 8.94 Å². The number of rotatable bonds is 1. The van der Waals surface area contributed by atoms with Crippen LogP contribution in [0.5, 0.6) is 0 Å². The molecule has 0 N–H and O–H groups in total. The van der Waals surface area contributed by atoms with Crippen LogP contribution < -0.4 is 4.80 Å². The molecule has 0 bridgehead atoms. The molecule has 0 aliphatic carbocycles. The molecule has 1 aromatic carbocycles. The molecule has 0 fully saturated rings. The van der Waals surface area contributed by atoms with Crippen LogP contribution in [0.1, 0.15) is 5.82 Å². The van der Waals surface area contributed by atoms with E-state index in [9.17, 15) is 0 Å². The van der Waals surface area contributed by atoms with Crippen molar-refractivity contribution in [2.75, 3.05) is 0 Å². The maximum atomic E-state index is 5.80. The average Bonchev–Trinajstić information content (AvgIpc) is 2.63. The molecule has 3 nitrogen and oxygen atoms in total. The van der Waals surface area contributed by atoms with Gasteiger partial charge in [-0.05, 0) is 35.8 Å². The fourth-order valence-corrected chi connectivity index (χ4v) is 2.83. The fourth-order valence-electron chi connectivity index (χ4n) is 1.26. The Morgan fingerprint density at radius 3 is 2.33 bits per heavy atom. The molecule has 1 heterocycles. The van der Waals surface area contributed by atoms with E-state index in [0.717, 1.165) is 5.69 Å². The Balaban J connectivity index is 2.43. The van der Waals surface area contributed by atoms with Crippen LogP contribution in [0.3, 0.4) is 0 Å². The Kier molecular flexibility index (Phi) is 4.24. The zero-order valence-electron chi connectivity index (χ0n) is 9.07. The van der Waals surface area contributed by atoms with Crippen molar-refractivity contribution in [2.45, 2.75) is 3.79 Å². The van der Waals surface area contributed by atoms with E-state index < -0.39 is 3.79 Å². The van der Waals surface area contributed by atoms with Gasteiger partial charge in [-0.25, -0.2) is 4.99 Å². The largest absolute Gasteiger partial charge is 0.282 e. The van der Waals surface area contributed by atoms with Gasteiger partial charge in [-0.15, -0.1) is 0 Å². The fraction of sp³-hybridized carbons (Fsp3) is 0.200. The molecule has 0 atom stereocenters. The standard InChI is InChI=1S/C10H7Cl4N3S/c1-17-8(10(12,13)14)16-9(18-17)15-7-4-2-6(11)3-5-7/h2-5H,1H3. The summed E-state index contributed by atoms with van der Waals surface area (Å²) in [6, 6.07) is 7.09. The van der Waals surface area contributed by atoms with Crippen LogP contribution in [0, 0.1) is 0 Å². The van der Waals surface area contributed by atoms with Crippen LogP contribution in [0.15, 0.2) is 29.3 Å². The van der Waals surface area contributed by atoms with E-state index in [1.165, 1.54) is 11.5 Å².